The van der Waals surface area contributed by atoms with Crippen molar-refractivity contribution >= 4 is 12.0 Å². The summed E-state index contributed by atoms with van der Waals surface area (Å²) >= 11 is 0. The quantitative estimate of drug-likeness (QED) is 0.466. The summed E-state index contributed by atoms with van der Waals surface area (Å²) in [6, 6.07) is 8.53. The van der Waals surface area contributed by atoms with Crippen LogP contribution in [0, 0.1) is 0 Å². The van der Waals surface area contributed by atoms with E-state index in [1.807, 2.05) is 30.3 Å². The van der Waals surface area contributed by atoms with E-state index in [9.17, 15) is 9.59 Å². The lowest BCUT2D eigenvalue weighted by Crippen LogP contribution is -2.32. The summed E-state index contributed by atoms with van der Waals surface area (Å²) in [5.74, 6) is -0.505. The summed E-state index contributed by atoms with van der Waals surface area (Å²) < 4.78 is 5.21. The van der Waals surface area contributed by atoms with Gasteiger partial charge in [-0.2, -0.15) is 4.99 Å². The number of aliphatic imine (C=N–C) groups is 1. The average molecular weight is 247 g/mol. The zero-order valence-corrected chi connectivity index (χ0v) is 10.8. The van der Waals surface area contributed by atoms with Crippen LogP contribution >= 0.6 is 0 Å². The second kappa shape index (κ2) is 6.12. The van der Waals surface area contributed by atoms with Gasteiger partial charge in [0.1, 0.15) is 5.60 Å². The Balaban J connectivity index is 2.77. The van der Waals surface area contributed by atoms with E-state index in [-0.39, 0.29) is 0 Å². The summed E-state index contributed by atoms with van der Waals surface area (Å²) in [5.41, 5.74) is 0.331. The largest absolute Gasteiger partial charge is 0.458 e. The monoisotopic (exact) mass is 247 g/mol. The summed E-state index contributed by atoms with van der Waals surface area (Å²) in [4.78, 5) is 25.8. The molecule has 0 saturated carbocycles. The molecular weight excluding hydrogens is 230 g/mol. The number of hydrogen-bond acceptors (Lipinski definition) is 4. The van der Waals surface area contributed by atoms with Crippen molar-refractivity contribution in [1.29, 1.82) is 0 Å². The van der Waals surface area contributed by atoms with E-state index in [0.29, 0.717) is 6.42 Å². The molecule has 0 N–H and O–H groups in total. The molecule has 0 amide bonds. The highest BCUT2D eigenvalue weighted by Crippen LogP contribution is 2.13. The Morgan fingerprint density at radius 2 is 1.94 bits per heavy atom. The molecule has 0 fully saturated rings. The van der Waals surface area contributed by atoms with Crippen LogP contribution in [-0.4, -0.2) is 23.7 Å². The molecule has 1 aromatic rings. The number of nitrogens with zero attached hydrogens (tertiary/aromatic N) is 1. The first-order valence-electron chi connectivity index (χ1n) is 5.76. The normalized spacial score (nSPS) is 12.4. The van der Waals surface area contributed by atoms with Crippen molar-refractivity contribution in [3.63, 3.8) is 0 Å². The van der Waals surface area contributed by atoms with Crippen LogP contribution in [0.5, 0.6) is 0 Å². The molecule has 1 aromatic carbocycles. The van der Waals surface area contributed by atoms with E-state index in [1.54, 1.807) is 20.8 Å². The average Bonchev–Trinajstić information content (AvgIpc) is 2.27. The van der Waals surface area contributed by atoms with Gasteiger partial charge in [-0.25, -0.2) is 9.59 Å². The van der Waals surface area contributed by atoms with Gasteiger partial charge in [-0.15, -0.1) is 0 Å². The fourth-order valence-electron chi connectivity index (χ4n) is 1.45. The van der Waals surface area contributed by atoms with Crippen LogP contribution in [0.1, 0.15) is 26.3 Å². The number of rotatable bonds is 4. The Morgan fingerprint density at radius 1 is 1.33 bits per heavy atom. The molecule has 0 bridgehead atoms. The number of isocyanates is 1. The summed E-state index contributed by atoms with van der Waals surface area (Å²) in [6.07, 6.45) is 1.77. The number of ether oxygens (including phenoxy) is 1. The molecule has 0 unspecified atom stereocenters. The molecule has 0 spiro atoms. The van der Waals surface area contributed by atoms with E-state index < -0.39 is 17.6 Å². The molecule has 18 heavy (non-hydrogen) atoms. The summed E-state index contributed by atoms with van der Waals surface area (Å²) in [7, 11) is 0. The van der Waals surface area contributed by atoms with E-state index in [4.69, 9.17) is 4.74 Å². The molecular formula is C14H17NO3. The van der Waals surface area contributed by atoms with Gasteiger partial charge in [-0.05, 0) is 26.3 Å². The molecule has 96 valence electrons. The Labute approximate surface area is 107 Å². The van der Waals surface area contributed by atoms with Gasteiger partial charge in [-0.3, -0.25) is 0 Å². The van der Waals surface area contributed by atoms with Crippen molar-refractivity contribution in [3.8, 4) is 0 Å². The molecule has 0 saturated heterocycles. The highest BCUT2D eigenvalue weighted by Gasteiger charge is 2.25. The third kappa shape index (κ3) is 4.93. The van der Waals surface area contributed by atoms with E-state index in [0.717, 1.165) is 5.56 Å². The highest BCUT2D eigenvalue weighted by molar-refractivity contribution is 5.77. The van der Waals surface area contributed by atoms with Crippen molar-refractivity contribution in [2.24, 2.45) is 4.99 Å². The second-order valence-corrected chi connectivity index (χ2v) is 4.96. The van der Waals surface area contributed by atoms with Gasteiger partial charge >= 0.3 is 5.97 Å². The highest BCUT2D eigenvalue weighted by atomic mass is 16.6. The molecule has 0 aromatic heterocycles. The van der Waals surface area contributed by atoms with Gasteiger partial charge in [0.25, 0.3) is 0 Å². The maximum atomic E-state index is 11.9. The lowest BCUT2D eigenvalue weighted by Gasteiger charge is -2.21. The molecule has 0 aliphatic heterocycles. The lowest BCUT2D eigenvalue weighted by atomic mass is 10.1. The number of benzene rings is 1. The van der Waals surface area contributed by atoms with Crippen molar-refractivity contribution in [2.45, 2.75) is 38.8 Å². The number of hydrogen-bond donors (Lipinski definition) is 0. The fourth-order valence-corrected chi connectivity index (χ4v) is 1.45. The minimum atomic E-state index is -0.830. The fraction of sp³-hybridized carbons (Fsp3) is 0.429. The van der Waals surface area contributed by atoms with Crippen LogP contribution in [0.2, 0.25) is 0 Å². The molecule has 1 atom stereocenters. The second-order valence-electron chi connectivity index (χ2n) is 4.96. The predicted molar refractivity (Wildman–Crippen MR) is 67.9 cm³/mol. The smallest absolute Gasteiger partial charge is 0.332 e. The van der Waals surface area contributed by atoms with Gasteiger partial charge in [-0.1, -0.05) is 30.3 Å². The first-order valence-corrected chi connectivity index (χ1v) is 5.76. The number of esters is 1. The number of carbonyl (C=O) groups is 1. The minimum Gasteiger partial charge on any atom is -0.458 e. The molecule has 0 aliphatic rings. The van der Waals surface area contributed by atoms with Crippen LogP contribution in [0.15, 0.2) is 35.3 Å². The van der Waals surface area contributed by atoms with Crippen LogP contribution in [0.25, 0.3) is 0 Å². The van der Waals surface area contributed by atoms with Gasteiger partial charge in [0, 0.05) is 6.42 Å². The minimum absolute atomic E-state index is 0.338. The van der Waals surface area contributed by atoms with Crippen LogP contribution < -0.4 is 0 Å². The maximum Gasteiger partial charge on any atom is 0.332 e. The van der Waals surface area contributed by atoms with Crippen LogP contribution in [0.3, 0.4) is 0 Å². The zero-order valence-electron chi connectivity index (χ0n) is 10.8. The molecule has 1 rings (SSSR count). The molecule has 0 radical (unpaired) electrons. The molecule has 0 aliphatic carbocycles. The summed E-state index contributed by atoms with van der Waals surface area (Å²) in [5, 5.41) is 0. The zero-order chi connectivity index (χ0) is 13.6. The lowest BCUT2D eigenvalue weighted by molar-refractivity contribution is -0.156. The first kappa shape index (κ1) is 14.1. The van der Waals surface area contributed by atoms with Crippen molar-refractivity contribution in [1.82, 2.24) is 0 Å². The van der Waals surface area contributed by atoms with Gasteiger partial charge in [0.05, 0.1) is 0 Å². The van der Waals surface area contributed by atoms with Crippen molar-refractivity contribution in [3.05, 3.63) is 35.9 Å². The third-order valence-corrected chi connectivity index (χ3v) is 2.16. The maximum absolute atomic E-state index is 11.9. The molecule has 0 heterocycles. The number of carbonyl (C=O) groups excluding carboxylic acids is 2. The van der Waals surface area contributed by atoms with Crippen LogP contribution in [0.4, 0.5) is 0 Å². The third-order valence-electron chi connectivity index (χ3n) is 2.16. The van der Waals surface area contributed by atoms with Crippen molar-refractivity contribution in [2.75, 3.05) is 0 Å². The predicted octanol–water partition coefficient (Wildman–Crippen LogP) is 2.28. The molecule has 4 nitrogen and oxygen atoms in total. The molecule has 4 heteroatoms. The Bertz CT molecular complexity index is 442. The first-order chi connectivity index (χ1) is 8.42. The van der Waals surface area contributed by atoms with Crippen molar-refractivity contribution < 1.29 is 14.3 Å². The Morgan fingerprint density at radius 3 is 2.44 bits per heavy atom. The van der Waals surface area contributed by atoms with E-state index in [2.05, 4.69) is 4.99 Å². The topological polar surface area (TPSA) is 55.7 Å². The summed E-state index contributed by atoms with van der Waals surface area (Å²) in [6.45, 7) is 5.32. The van der Waals surface area contributed by atoms with E-state index in [1.165, 1.54) is 6.08 Å². The SMILES string of the molecule is CC(C)(C)OC(=O)[C@H](Cc1ccccc1)N=C=O. The van der Waals surface area contributed by atoms with E-state index >= 15 is 0 Å². The van der Waals surface area contributed by atoms with Gasteiger partial charge in [0.2, 0.25) is 6.08 Å². The standard InChI is InChI=1S/C14H17NO3/c1-14(2,3)18-13(17)12(15-10-16)9-11-7-5-4-6-8-11/h4-8,12H,9H2,1-3H3/t12-/m0/s1. The Hall–Kier alpha value is -1.93. The Kier molecular flexibility index (Phi) is 4.81. The van der Waals surface area contributed by atoms with Gasteiger partial charge in [0.15, 0.2) is 6.04 Å². The van der Waals surface area contributed by atoms with Crippen LogP contribution in [-0.2, 0) is 20.7 Å². The van der Waals surface area contributed by atoms with Gasteiger partial charge < -0.3 is 4.74 Å².